The first-order chi connectivity index (χ1) is 9.34. The highest BCUT2D eigenvalue weighted by Crippen LogP contribution is 2.23. The molecule has 0 aliphatic heterocycles. The number of rotatable bonds is 7. The van der Waals surface area contributed by atoms with Crippen molar-refractivity contribution in [2.45, 2.75) is 11.9 Å². The summed E-state index contributed by atoms with van der Waals surface area (Å²) in [6.45, 7) is 4.84. The highest BCUT2D eigenvalue weighted by atomic mass is 35.5. The molecule has 0 unspecified atom stereocenters. The Kier molecular flexibility index (Phi) is 5.73. The average Bonchev–Trinajstić information content (AvgIpc) is 2.69. The molecule has 7 nitrogen and oxygen atoms in total. The van der Waals surface area contributed by atoms with Crippen molar-refractivity contribution in [1.29, 1.82) is 0 Å². The lowest BCUT2D eigenvalue weighted by Crippen LogP contribution is -2.37. The van der Waals surface area contributed by atoms with Crippen molar-refractivity contribution < 1.29 is 17.9 Å². The number of hydrogen-bond donors (Lipinski definition) is 0. The molecule has 0 amide bonds. The van der Waals surface area contributed by atoms with E-state index in [1.165, 1.54) is 19.3 Å². The monoisotopic (exact) mass is 321 g/mol. The molecule has 1 aromatic rings. The number of aromatic nitrogens is 2. The minimum absolute atomic E-state index is 0.00887. The van der Waals surface area contributed by atoms with Gasteiger partial charge in [-0.1, -0.05) is 17.7 Å². The third kappa shape index (κ3) is 3.59. The molecule has 1 rings (SSSR count). The Hall–Kier alpha value is -1.38. The smallest absolute Gasteiger partial charge is 0.321 e. The Labute approximate surface area is 122 Å². The zero-order valence-electron chi connectivity index (χ0n) is 11.2. The van der Waals surface area contributed by atoms with Gasteiger partial charge in [-0.3, -0.25) is 9.48 Å². The van der Waals surface area contributed by atoms with E-state index in [-0.39, 0.29) is 23.2 Å². The Morgan fingerprint density at radius 2 is 2.30 bits per heavy atom. The second kappa shape index (κ2) is 6.87. The molecular weight excluding hydrogens is 306 g/mol. The largest absolute Gasteiger partial charge is 0.465 e. The molecule has 0 saturated heterocycles. The van der Waals surface area contributed by atoms with Crippen LogP contribution in [-0.4, -0.2) is 48.2 Å². The Bertz CT molecular complexity index is 577. The molecule has 20 heavy (non-hydrogen) atoms. The van der Waals surface area contributed by atoms with Gasteiger partial charge in [0.05, 0.1) is 17.8 Å². The predicted octanol–water partition coefficient (Wildman–Crippen LogP) is 0.813. The lowest BCUT2D eigenvalue weighted by Gasteiger charge is -2.19. The first kappa shape index (κ1) is 16.7. The Morgan fingerprint density at radius 3 is 2.75 bits per heavy atom. The van der Waals surface area contributed by atoms with Crippen molar-refractivity contribution in [3.63, 3.8) is 0 Å². The molecule has 0 radical (unpaired) electrons. The maximum atomic E-state index is 12.5. The van der Waals surface area contributed by atoms with Crippen molar-refractivity contribution in [2.75, 3.05) is 19.7 Å². The topological polar surface area (TPSA) is 81.5 Å². The van der Waals surface area contributed by atoms with Crippen LogP contribution in [0.4, 0.5) is 0 Å². The van der Waals surface area contributed by atoms with Gasteiger partial charge >= 0.3 is 5.97 Å². The van der Waals surface area contributed by atoms with E-state index in [1.807, 2.05) is 0 Å². The quantitative estimate of drug-likeness (QED) is 0.548. The molecule has 0 atom stereocenters. The fraction of sp³-hybridized carbons (Fsp3) is 0.455. The predicted molar refractivity (Wildman–Crippen MR) is 73.8 cm³/mol. The van der Waals surface area contributed by atoms with E-state index in [0.717, 1.165) is 8.99 Å². The highest BCUT2D eigenvalue weighted by molar-refractivity contribution is 7.89. The number of halogens is 1. The Balaban J connectivity index is 3.13. The summed E-state index contributed by atoms with van der Waals surface area (Å²) in [7, 11) is -2.51. The summed E-state index contributed by atoms with van der Waals surface area (Å²) in [4.78, 5) is 11.5. The van der Waals surface area contributed by atoms with Crippen LogP contribution in [0.2, 0.25) is 5.02 Å². The SMILES string of the molecule is C=CCN(CC(=O)OCC)S(=O)(=O)c1c(Cl)cnn1C. The van der Waals surface area contributed by atoms with Gasteiger partial charge in [-0.05, 0) is 6.92 Å². The van der Waals surface area contributed by atoms with Crippen molar-refractivity contribution in [3.8, 4) is 0 Å². The number of nitrogens with zero attached hydrogens (tertiary/aromatic N) is 3. The van der Waals surface area contributed by atoms with E-state index in [9.17, 15) is 13.2 Å². The zero-order chi connectivity index (χ0) is 15.3. The van der Waals surface area contributed by atoms with Crippen LogP contribution in [0.5, 0.6) is 0 Å². The summed E-state index contributed by atoms with van der Waals surface area (Å²) in [5, 5.41) is 3.59. The minimum Gasteiger partial charge on any atom is -0.465 e. The van der Waals surface area contributed by atoms with Gasteiger partial charge in [0.1, 0.15) is 6.54 Å². The van der Waals surface area contributed by atoms with E-state index in [0.29, 0.717) is 0 Å². The normalized spacial score (nSPS) is 11.6. The maximum Gasteiger partial charge on any atom is 0.321 e. The van der Waals surface area contributed by atoms with Crippen molar-refractivity contribution in [1.82, 2.24) is 14.1 Å². The maximum absolute atomic E-state index is 12.5. The number of carbonyl (C=O) groups excluding carboxylic acids is 1. The van der Waals surface area contributed by atoms with Gasteiger partial charge in [0, 0.05) is 13.6 Å². The van der Waals surface area contributed by atoms with Gasteiger partial charge in [-0.2, -0.15) is 9.40 Å². The van der Waals surface area contributed by atoms with E-state index < -0.39 is 22.5 Å². The molecule has 0 saturated carbocycles. The molecule has 9 heteroatoms. The number of sulfonamides is 1. The van der Waals surface area contributed by atoms with E-state index >= 15 is 0 Å². The summed E-state index contributed by atoms with van der Waals surface area (Å²) < 4.78 is 31.8. The van der Waals surface area contributed by atoms with Crippen molar-refractivity contribution >= 4 is 27.6 Å². The molecule has 0 spiro atoms. The van der Waals surface area contributed by atoms with Crippen LogP contribution in [0.15, 0.2) is 23.9 Å². The molecule has 0 fully saturated rings. The van der Waals surface area contributed by atoms with E-state index in [4.69, 9.17) is 16.3 Å². The summed E-state index contributed by atoms with van der Waals surface area (Å²) in [5.41, 5.74) is 0. The van der Waals surface area contributed by atoms with E-state index in [1.54, 1.807) is 6.92 Å². The van der Waals surface area contributed by atoms with Crippen LogP contribution in [-0.2, 0) is 26.6 Å². The zero-order valence-corrected chi connectivity index (χ0v) is 12.8. The fourth-order valence-corrected chi connectivity index (χ4v) is 3.51. The van der Waals surface area contributed by atoms with Crippen molar-refractivity contribution in [3.05, 3.63) is 23.9 Å². The number of carbonyl (C=O) groups is 1. The van der Waals surface area contributed by atoms with Gasteiger partial charge < -0.3 is 4.74 Å². The molecule has 0 aliphatic rings. The van der Waals surface area contributed by atoms with Crippen LogP contribution < -0.4 is 0 Å². The molecule has 1 aromatic heterocycles. The molecular formula is C11H16ClN3O4S. The average molecular weight is 322 g/mol. The van der Waals surface area contributed by atoms with Gasteiger partial charge in [-0.25, -0.2) is 8.42 Å². The molecule has 0 aliphatic carbocycles. The molecule has 112 valence electrons. The number of ether oxygens (including phenoxy) is 1. The Morgan fingerprint density at radius 1 is 1.65 bits per heavy atom. The lowest BCUT2D eigenvalue weighted by molar-refractivity contribution is -0.143. The fourth-order valence-electron chi connectivity index (χ4n) is 1.55. The van der Waals surface area contributed by atoms with Crippen LogP contribution in [0, 0.1) is 0 Å². The molecule has 0 aromatic carbocycles. The molecule has 0 N–H and O–H groups in total. The third-order valence-electron chi connectivity index (χ3n) is 2.37. The summed E-state index contributed by atoms with van der Waals surface area (Å²) in [6.07, 6.45) is 2.60. The lowest BCUT2D eigenvalue weighted by atomic mass is 10.5. The number of esters is 1. The van der Waals surface area contributed by atoms with E-state index in [2.05, 4.69) is 11.7 Å². The first-order valence-corrected chi connectivity index (χ1v) is 7.60. The van der Waals surface area contributed by atoms with Gasteiger partial charge in [0.2, 0.25) is 0 Å². The van der Waals surface area contributed by atoms with Crippen molar-refractivity contribution in [2.24, 2.45) is 7.05 Å². The summed E-state index contributed by atoms with van der Waals surface area (Å²) in [6, 6.07) is 0. The standard InChI is InChI=1S/C11H16ClN3O4S/c1-4-6-15(8-10(16)19-5-2)20(17,18)11-9(12)7-13-14(11)3/h4,7H,1,5-6,8H2,2-3H3. The van der Waals surface area contributed by atoms with Crippen LogP contribution >= 0.6 is 11.6 Å². The van der Waals surface area contributed by atoms with Crippen LogP contribution in [0.1, 0.15) is 6.92 Å². The van der Waals surface area contributed by atoms with Gasteiger partial charge in [-0.15, -0.1) is 6.58 Å². The second-order valence-corrected chi connectivity index (χ2v) is 6.07. The molecule has 1 heterocycles. The first-order valence-electron chi connectivity index (χ1n) is 5.78. The van der Waals surface area contributed by atoms with Gasteiger partial charge in [0.25, 0.3) is 10.0 Å². The summed E-state index contributed by atoms with van der Waals surface area (Å²) >= 11 is 5.84. The van der Waals surface area contributed by atoms with Crippen LogP contribution in [0.25, 0.3) is 0 Å². The molecule has 0 bridgehead atoms. The number of aryl methyl sites for hydroxylation is 1. The van der Waals surface area contributed by atoms with Gasteiger partial charge in [0.15, 0.2) is 5.03 Å². The van der Waals surface area contributed by atoms with Crippen LogP contribution in [0.3, 0.4) is 0 Å². The number of hydrogen-bond acceptors (Lipinski definition) is 5. The second-order valence-electron chi connectivity index (χ2n) is 3.81. The summed E-state index contributed by atoms with van der Waals surface area (Å²) in [5.74, 6) is -0.642. The highest BCUT2D eigenvalue weighted by Gasteiger charge is 2.31. The minimum atomic E-state index is -3.96. The third-order valence-corrected chi connectivity index (χ3v) is 4.69.